The maximum atomic E-state index is 10.8. The van der Waals surface area contributed by atoms with Crippen molar-refractivity contribution in [3.8, 4) is 0 Å². The average molecular weight is 267 g/mol. The largest absolute Gasteiger partial charge is 0.350 e. The molecule has 0 atom stereocenters. The molecule has 2 rings (SSSR count). The Morgan fingerprint density at radius 3 is 1.85 bits per heavy atom. The van der Waals surface area contributed by atoms with E-state index in [0.717, 1.165) is 16.8 Å². The molecule has 0 saturated carbocycles. The van der Waals surface area contributed by atoms with E-state index in [2.05, 4.69) is 10.5 Å². The fourth-order valence-corrected chi connectivity index (χ4v) is 2.17. The molecule has 0 fully saturated rings. The number of primary amides is 1. The second-order valence-corrected chi connectivity index (χ2v) is 4.48. The molecule has 0 radical (unpaired) electrons. The molecule has 0 aliphatic rings. The number of benzene rings is 2. The highest BCUT2D eigenvalue weighted by molar-refractivity contribution is 5.92. The molecule has 2 amide bonds. The van der Waals surface area contributed by atoms with Gasteiger partial charge in [0.25, 0.3) is 0 Å². The third-order valence-corrected chi connectivity index (χ3v) is 3.03. The van der Waals surface area contributed by atoms with Gasteiger partial charge in [-0.25, -0.2) is 10.2 Å². The van der Waals surface area contributed by atoms with Crippen LogP contribution in [0.25, 0.3) is 0 Å². The molecule has 0 aliphatic carbocycles. The Kier molecular flexibility index (Phi) is 4.50. The van der Waals surface area contributed by atoms with E-state index in [1.165, 1.54) is 0 Å². The molecule has 0 aliphatic heterocycles. The van der Waals surface area contributed by atoms with E-state index >= 15 is 0 Å². The van der Waals surface area contributed by atoms with Gasteiger partial charge in [0.2, 0.25) is 0 Å². The van der Waals surface area contributed by atoms with Crippen LogP contribution in [0.5, 0.6) is 0 Å². The molecule has 102 valence electrons. The lowest BCUT2D eigenvalue weighted by Gasteiger charge is -2.17. The first-order chi connectivity index (χ1) is 9.68. The maximum Gasteiger partial charge on any atom is 0.332 e. The van der Waals surface area contributed by atoms with Crippen LogP contribution in [0.3, 0.4) is 0 Å². The lowest BCUT2D eigenvalue weighted by atomic mass is 9.88. The molecule has 0 spiro atoms. The van der Waals surface area contributed by atoms with Crippen LogP contribution >= 0.6 is 0 Å². The summed E-state index contributed by atoms with van der Waals surface area (Å²) in [5.74, 6) is -0.00995. The van der Waals surface area contributed by atoms with E-state index in [4.69, 9.17) is 5.73 Å². The Labute approximate surface area is 118 Å². The van der Waals surface area contributed by atoms with Crippen LogP contribution in [0.1, 0.15) is 24.0 Å². The second-order valence-electron chi connectivity index (χ2n) is 4.48. The van der Waals surface area contributed by atoms with Crippen molar-refractivity contribution in [1.82, 2.24) is 5.43 Å². The molecular formula is C16H17N3O. The van der Waals surface area contributed by atoms with Gasteiger partial charge in [0.1, 0.15) is 0 Å². The number of rotatable bonds is 4. The summed E-state index contributed by atoms with van der Waals surface area (Å²) < 4.78 is 0. The lowest BCUT2D eigenvalue weighted by Crippen LogP contribution is -2.26. The van der Waals surface area contributed by atoms with Gasteiger partial charge in [-0.05, 0) is 18.1 Å². The number of hydrogen-bond donors (Lipinski definition) is 2. The van der Waals surface area contributed by atoms with Crippen molar-refractivity contribution < 1.29 is 4.79 Å². The summed E-state index contributed by atoms with van der Waals surface area (Å²) in [5, 5.41) is 4.07. The molecule has 0 saturated heterocycles. The molecule has 2 aromatic rings. The fourth-order valence-electron chi connectivity index (χ4n) is 2.17. The predicted octanol–water partition coefficient (Wildman–Crippen LogP) is 2.86. The van der Waals surface area contributed by atoms with Gasteiger partial charge in [0.15, 0.2) is 0 Å². The topological polar surface area (TPSA) is 67.5 Å². The standard InChI is InChI=1S/C16H17N3O/c1-12(18-19-16(17)20)15(13-8-4-2-5-9-13)14-10-6-3-7-11-14/h2-11,15H,1H3,(H3,17,19,20). The predicted molar refractivity (Wildman–Crippen MR) is 80.6 cm³/mol. The van der Waals surface area contributed by atoms with E-state index in [1.54, 1.807) is 0 Å². The van der Waals surface area contributed by atoms with Gasteiger partial charge >= 0.3 is 6.03 Å². The van der Waals surface area contributed by atoms with Crippen molar-refractivity contribution in [3.05, 3.63) is 71.8 Å². The smallest absolute Gasteiger partial charge is 0.332 e. The summed E-state index contributed by atoms with van der Waals surface area (Å²) in [6.07, 6.45) is 0. The van der Waals surface area contributed by atoms with Crippen LogP contribution in [0.15, 0.2) is 65.8 Å². The molecular weight excluding hydrogens is 250 g/mol. The maximum absolute atomic E-state index is 10.8. The minimum Gasteiger partial charge on any atom is -0.350 e. The van der Waals surface area contributed by atoms with Crippen LogP contribution in [0.2, 0.25) is 0 Å². The quantitative estimate of drug-likeness (QED) is 0.649. The van der Waals surface area contributed by atoms with E-state index in [9.17, 15) is 4.79 Å². The van der Waals surface area contributed by atoms with Crippen molar-refractivity contribution in [2.75, 3.05) is 0 Å². The average Bonchev–Trinajstić information content (AvgIpc) is 2.48. The first-order valence-electron chi connectivity index (χ1n) is 6.38. The second kappa shape index (κ2) is 6.52. The number of nitrogens with one attached hydrogen (secondary N) is 1. The number of carbonyl (C=O) groups is 1. The summed E-state index contributed by atoms with van der Waals surface area (Å²) >= 11 is 0. The summed E-state index contributed by atoms with van der Waals surface area (Å²) in [6, 6.07) is 19.4. The summed E-state index contributed by atoms with van der Waals surface area (Å²) in [4.78, 5) is 10.8. The molecule has 0 aromatic heterocycles. The lowest BCUT2D eigenvalue weighted by molar-refractivity contribution is 0.249. The van der Waals surface area contributed by atoms with Crippen LogP contribution in [-0.2, 0) is 0 Å². The van der Waals surface area contributed by atoms with Crippen LogP contribution in [0, 0.1) is 0 Å². The van der Waals surface area contributed by atoms with Gasteiger partial charge in [-0.3, -0.25) is 0 Å². The minimum atomic E-state index is -0.663. The third-order valence-electron chi connectivity index (χ3n) is 3.03. The van der Waals surface area contributed by atoms with Crippen LogP contribution in [-0.4, -0.2) is 11.7 Å². The number of hydrogen-bond acceptors (Lipinski definition) is 2. The van der Waals surface area contributed by atoms with Gasteiger partial charge in [-0.15, -0.1) is 0 Å². The highest BCUT2D eigenvalue weighted by Crippen LogP contribution is 2.25. The number of nitrogens with zero attached hydrogens (tertiary/aromatic N) is 1. The Morgan fingerprint density at radius 1 is 1.00 bits per heavy atom. The summed E-state index contributed by atoms with van der Waals surface area (Å²) in [5.41, 5.74) is 10.4. The highest BCUT2D eigenvalue weighted by Gasteiger charge is 2.17. The Morgan fingerprint density at radius 2 is 1.45 bits per heavy atom. The van der Waals surface area contributed by atoms with E-state index in [1.807, 2.05) is 67.6 Å². The first-order valence-corrected chi connectivity index (χ1v) is 6.38. The van der Waals surface area contributed by atoms with E-state index < -0.39 is 6.03 Å². The normalized spacial score (nSPS) is 11.4. The van der Waals surface area contributed by atoms with Gasteiger partial charge < -0.3 is 5.73 Å². The first kappa shape index (κ1) is 13.8. The van der Waals surface area contributed by atoms with Crippen LogP contribution < -0.4 is 11.2 Å². The minimum absolute atomic E-state index is 0.00995. The summed E-state index contributed by atoms with van der Waals surface area (Å²) in [6.45, 7) is 1.88. The zero-order valence-electron chi connectivity index (χ0n) is 11.3. The van der Waals surface area contributed by atoms with Gasteiger partial charge in [-0.1, -0.05) is 60.7 Å². The number of amides is 2. The Balaban J connectivity index is 2.40. The number of urea groups is 1. The monoisotopic (exact) mass is 267 g/mol. The zero-order chi connectivity index (χ0) is 14.4. The van der Waals surface area contributed by atoms with Gasteiger partial charge in [0, 0.05) is 11.6 Å². The zero-order valence-corrected chi connectivity index (χ0v) is 11.3. The van der Waals surface area contributed by atoms with Crippen molar-refractivity contribution in [1.29, 1.82) is 0 Å². The number of nitrogens with two attached hydrogens (primary N) is 1. The molecule has 0 heterocycles. The molecule has 20 heavy (non-hydrogen) atoms. The SMILES string of the molecule is CC(=NNC(N)=O)C(c1ccccc1)c1ccccc1. The third kappa shape index (κ3) is 3.45. The number of carbonyl (C=O) groups excluding carboxylic acids is 1. The summed E-state index contributed by atoms with van der Waals surface area (Å²) in [7, 11) is 0. The van der Waals surface area contributed by atoms with Crippen molar-refractivity contribution in [3.63, 3.8) is 0 Å². The Hall–Kier alpha value is -2.62. The van der Waals surface area contributed by atoms with Gasteiger partial charge in [-0.2, -0.15) is 5.10 Å². The highest BCUT2D eigenvalue weighted by atomic mass is 16.2. The van der Waals surface area contributed by atoms with Crippen molar-refractivity contribution in [2.45, 2.75) is 12.8 Å². The molecule has 0 bridgehead atoms. The van der Waals surface area contributed by atoms with E-state index in [0.29, 0.717) is 0 Å². The van der Waals surface area contributed by atoms with Crippen LogP contribution in [0.4, 0.5) is 4.79 Å². The fraction of sp³-hybridized carbons (Fsp3) is 0.125. The Bertz CT molecular complexity index is 554. The van der Waals surface area contributed by atoms with Gasteiger partial charge in [0.05, 0.1) is 0 Å². The molecule has 2 aromatic carbocycles. The number of hydrazone groups is 1. The van der Waals surface area contributed by atoms with E-state index in [-0.39, 0.29) is 5.92 Å². The molecule has 3 N–H and O–H groups in total. The molecule has 0 unspecified atom stereocenters. The molecule has 4 nitrogen and oxygen atoms in total. The van der Waals surface area contributed by atoms with Crippen molar-refractivity contribution >= 4 is 11.7 Å². The van der Waals surface area contributed by atoms with Crippen molar-refractivity contribution in [2.24, 2.45) is 10.8 Å². The molecule has 4 heteroatoms.